The molecule has 1 saturated heterocycles. The predicted molar refractivity (Wildman–Crippen MR) is 90.3 cm³/mol. The van der Waals surface area contributed by atoms with Gasteiger partial charge in [0.25, 0.3) is 5.91 Å². The lowest BCUT2D eigenvalue weighted by Crippen LogP contribution is -2.28. The summed E-state index contributed by atoms with van der Waals surface area (Å²) in [5, 5.41) is 2.70. The lowest BCUT2D eigenvalue weighted by Gasteiger charge is -2.18. The third-order valence-electron chi connectivity index (χ3n) is 4.27. The summed E-state index contributed by atoms with van der Waals surface area (Å²) in [7, 11) is 0. The van der Waals surface area contributed by atoms with Gasteiger partial charge in [0.1, 0.15) is 11.6 Å². The van der Waals surface area contributed by atoms with Gasteiger partial charge in [-0.05, 0) is 37.6 Å². The first kappa shape index (κ1) is 17.1. The average molecular weight is 344 g/mol. The van der Waals surface area contributed by atoms with Crippen molar-refractivity contribution in [2.75, 3.05) is 11.4 Å². The van der Waals surface area contributed by atoms with E-state index in [4.69, 9.17) is 0 Å². The lowest BCUT2D eigenvalue weighted by molar-refractivity contribution is -0.117. The van der Waals surface area contributed by atoms with E-state index in [-0.39, 0.29) is 17.4 Å². The van der Waals surface area contributed by atoms with Gasteiger partial charge in [-0.2, -0.15) is 0 Å². The quantitative estimate of drug-likeness (QED) is 0.922. The summed E-state index contributed by atoms with van der Waals surface area (Å²) in [6.07, 6.45) is 1.31. The molecular weight excluding hydrogens is 326 g/mol. The van der Waals surface area contributed by atoms with Crippen LogP contribution in [-0.2, 0) is 4.79 Å². The zero-order valence-corrected chi connectivity index (χ0v) is 13.8. The van der Waals surface area contributed by atoms with Crippen LogP contribution in [0.15, 0.2) is 42.5 Å². The molecule has 0 radical (unpaired) electrons. The Morgan fingerprint density at radius 1 is 1.20 bits per heavy atom. The highest BCUT2D eigenvalue weighted by Gasteiger charge is 2.22. The van der Waals surface area contributed by atoms with Crippen LogP contribution in [0.2, 0.25) is 0 Å². The molecule has 0 saturated carbocycles. The molecule has 0 aliphatic carbocycles. The van der Waals surface area contributed by atoms with Crippen LogP contribution in [0, 0.1) is 11.6 Å². The fourth-order valence-electron chi connectivity index (χ4n) is 2.95. The van der Waals surface area contributed by atoms with Crippen LogP contribution in [0.5, 0.6) is 0 Å². The molecule has 1 fully saturated rings. The van der Waals surface area contributed by atoms with E-state index < -0.39 is 17.7 Å². The minimum Gasteiger partial charge on any atom is -0.345 e. The first-order valence-corrected chi connectivity index (χ1v) is 8.12. The summed E-state index contributed by atoms with van der Waals surface area (Å²) >= 11 is 0. The van der Waals surface area contributed by atoms with E-state index in [0.717, 1.165) is 18.6 Å². The molecule has 0 unspecified atom stereocenters. The van der Waals surface area contributed by atoms with Crippen LogP contribution in [-0.4, -0.2) is 18.4 Å². The van der Waals surface area contributed by atoms with Crippen molar-refractivity contribution in [2.45, 2.75) is 25.8 Å². The monoisotopic (exact) mass is 344 g/mol. The normalized spacial score (nSPS) is 15.3. The maximum Gasteiger partial charge on any atom is 0.251 e. The number of benzene rings is 2. The van der Waals surface area contributed by atoms with E-state index in [1.54, 1.807) is 36.1 Å². The predicted octanol–water partition coefficient (Wildman–Crippen LogP) is 3.58. The third-order valence-corrected chi connectivity index (χ3v) is 4.27. The Kier molecular flexibility index (Phi) is 4.79. The topological polar surface area (TPSA) is 49.4 Å². The molecule has 0 bridgehead atoms. The average Bonchev–Trinajstić information content (AvgIpc) is 3.01. The number of carbonyl (C=O) groups is 2. The van der Waals surface area contributed by atoms with Crippen molar-refractivity contribution >= 4 is 17.5 Å². The summed E-state index contributed by atoms with van der Waals surface area (Å²) < 4.78 is 26.8. The van der Waals surface area contributed by atoms with Crippen molar-refractivity contribution in [3.8, 4) is 0 Å². The first-order valence-electron chi connectivity index (χ1n) is 8.12. The molecule has 2 aromatic rings. The summed E-state index contributed by atoms with van der Waals surface area (Å²) in [5.41, 5.74) is 1.27. The Morgan fingerprint density at radius 3 is 2.68 bits per heavy atom. The maximum atomic E-state index is 13.8. The van der Waals surface area contributed by atoms with Gasteiger partial charge in [0, 0.05) is 35.8 Å². The molecule has 1 aliphatic heterocycles. The van der Waals surface area contributed by atoms with E-state index in [1.165, 1.54) is 6.07 Å². The van der Waals surface area contributed by atoms with Gasteiger partial charge in [0.05, 0.1) is 6.04 Å². The lowest BCUT2D eigenvalue weighted by atomic mass is 10.1. The number of hydrogen-bond donors (Lipinski definition) is 1. The Balaban J connectivity index is 1.76. The first-order chi connectivity index (χ1) is 12.0. The third kappa shape index (κ3) is 3.68. The number of halogens is 2. The summed E-state index contributed by atoms with van der Waals surface area (Å²) in [6, 6.07) is 9.40. The molecule has 4 nitrogen and oxygen atoms in total. The fraction of sp³-hybridized carbons (Fsp3) is 0.263. The molecule has 3 rings (SSSR count). The fourth-order valence-corrected chi connectivity index (χ4v) is 2.95. The highest BCUT2D eigenvalue weighted by molar-refractivity contribution is 5.99. The largest absolute Gasteiger partial charge is 0.345 e. The van der Waals surface area contributed by atoms with E-state index in [9.17, 15) is 18.4 Å². The van der Waals surface area contributed by atoms with Gasteiger partial charge >= 0.3 is 0 Å². The summed E-state index contributed by atoms with van der Waals surface area (Å²) in [5.74, 6) is -1.71. The van der Waals surface area contributed by atoms with E-state index in [2.05, 4.69) is 5.32 Å². The van der Waals surface area contributed by atoms with Crippen LogP contribution >= 0.6 is 0 Å². The molecular formula is C19H18F2N2O2. The van der Waals surface area contributed by atoms with Crippen molar-refractivity contribution in [2.24, 2.45) is 0 Å². The van der Waals surface area contributed by atoms with Crippen molar-refractivity contribution in [3.05, 3.63) is 65.2 Å². The Labute approximate surface area is 144 Å². The molecule has 1 atom stereocenters. The molecule has 6 heteroatoms. The highest BCUT2D eigenvalue weighted by atomic mass is 19.1. The van der Waals surface area contributed by atoms with E-state index in [1.807, 2.05) is 0 Å². The van der Waals surface area contributed by atoms with Crippen LogP contribution in [0.1, 0.15) is 41.7 Å². The molecule has 0 spiro atoms. The van der Waals surface area contributed by atoms with Crippen LogP contribution in [0.3, 0.4) is 0 Å². The Bertz CT molecular complexity index is 823. The molecule has 25 heavy (non-hydrogen) atoms. The Hall–Kier alpha value is -2.76. The molecule has 2 aromatic carbocycles. The van der Waals surface area contributed by atoms with Gasteiger partial charge < -0.3 is 10.2 Å². The van der Waals surface area contributed by atoms with E-state index in [0.29, 0.717) is 24.2 Å². The Morgan fingerprint density at radius 2 is 2.00 bits per heavy atom. The van der Waals surface area contributed by atoms with Crippen molar-refractivity contribution < 1.29 is 18.4 Å². The molecule has 1 heterocycles. The van der Waals surface area contributed by atoms with Crippen LogP contribution < -0.4 is 10.2 Å². The maximum absolute atomic E-state index is 13.8. The van der Waals surface area contributed by atoms with Gasteiger partial charge in [0.2, 0.25) is 5.91 Å². The molecule has 2 amide bonds. The van der Waals surface area contributed by atoms with Gasteiger partial charge in [-0.1, -0.05) is 12.1 Å². The second kappa shape index (κ2) is 7.01. The number of nitrogens with one attached hydrogen (secondary N) is 1. The zero-order valence-electron chi connectivity index (χ0n) is 13.8. The minimum atomic E-state index is -0.704. The summed E-state index contributed by atoms with van der Waals surface area (Å²) in [6.45, 7) is 2.27. The minimum absolute atomic E-state index is 0.0410. The molecule has 0 aromatic heterocycles. The number of hydrogen-bond acceptors (Lipinski definition) is 2. The van der Waals surface area contributed by atoms with Crippen LogP contribution in [0.4, 0.5) is 14.5 Å². The van der Waals surface area contributed by atoms with Crippen molar-refractivity contribution in [3.63, 3.8) is 0 Å². The number of nitrogens with zero attached hydrogens (tertiary/aromatic N) is 1. The zero-order chi connectivity index (χ0) is 18.0. The molecule has 1 aliphatic rings. The number of amides is 2. The van der Waals surface area contributed by atoms with Gasteiger partial charge in [-0.3, -0.25) is 9.59 Å². The highest BCUT2D eigenvalue weighted by Crippen LogP contribution is 2.23. The second-order valence-electron chi connectivity index (χ2n) is 6.06. The smallest absolute Gasteiger partial charge is 0.251 e. The number of carbonyl (C=O) groups excluding carboxylic acids is 2. The van der Waals surface area contributed by atoms with E-state index >= 15 is 0 Å². The standard InChI is InChI=1S/C19H18F2N2O2/c1-12(16-8-7-14(20)11-17(16)21)22-19(25)13-4-2-5-15(10-13)23-9-3-6-18(23)24/h2,4-5,7-8,10-12H,3,6,9H2,1H3,(H,22,25)/t12-/m1/s1. The van der Waals surface area contributed by atoms with Gasteiger partial charge in [-0.25, -0.2) is 8.78 Å². The SMILES string of the molecule is C[C@@H](NC(=O)c1cccc(N2CCCC2=O)c1)c1ccc(F)cc1F. The van der Waals surface area contributed by atoms with Crippen LogP contribution in [0.25, 0.3) is 0 Å². The van der Waals surface area contributed by atoms with Crippen molar-refractivity contribution in [1.29, 1.82) is 0 Å². The van der Waals surface area contributed by atoms with Gasteiger partial charge in [0.15, 0.2) is 0 Å². The summed E-state index contributed by atoms with van der Waals surface area (Å²) in [4.78, 5) is 25.9. The van der Waals surface area contributed by atoms with Gasteiger partial charge in [-0.15, -0.1) is 0 Å². The second-order valence-corrected chi connectivity index (χ2v) is 6.06. The number of anilines is 1. The molecule has 1 N–H and O–H groups in total. The molecule has 130 valence electrons. The number of rotatable bonds is 4. The van der Waals surface area contributed by atoms with Crippen molar-refractivity contribution in [1.82, 2.24) is 5.32 Å².